The number of amides is 1. The molecule has 8 heteroatoms. The fraction of sp³-hybridized carbons (Fsp3) is 0.400. The average Bonchev–Trinajstić information content (AvgIpc) is 3.26. The number of carbonyl (C=O) groups is 1. The summed E-state index contributed by atoms with van der Waals surface area (Å²) in [4.78, 5) is 18.8. The van der Waals surface area contributed by atoms with Crippen LogP contribution in [0.2, 0.25) is 0 Å². The molecule has 1 amide bonds. The van der Waals surface area contributed by atoms with E-state index in [1.807, 2.05) is 24.3 Å². The predicted octanol–water partition coefficient (Wildman–Crippen LogP) is 1.66. The van der Waals surface area contributed by atoms with E-state index in [9.17, 15) is 4.79 Å². The second-order valence-electron chi connectivity index (χ2n) is 6.57. The van der Waals surface area contributed by atoms with Crippen molar-refractivity contribution in [1.82, 2.24) is 10.2 Å². The first-order valence-corrected chi connectivity index (χ1v) is 9.48. The number of anilines is 1. The Labute approximate surface area is 164 Å². The van der Waals surface area contributed by atoms with Crippen LogP contribution in [0, 0.1) is 0 Å². The third-order valence-electron chi connectivity index (χ3n) is 4.42. The summed E-state index contributed by atoms with van der Waals surface area (Å²) in [5, 5.41) is 5.95. The molecule has 0 aliphatic carbocycles. The molecule has 0 bridgehead atoms. The highest BCUT2D eigenvalue weighted by Gasteiger charge is 2.10. The normalized spacial score (nSPS) is 15.4. The van der Waals surface area contributed by atoms with E-state index >= 15 is 0 Å². The van der Waals surface area contributed by atoms with Crippen molar-refractivity contribution in [2.24, 2.45) is 10.7 Å². The molecule has 0 spiro atoms. The van der Waals surface area contributed by atoms with Crippen LogP contribution in [-0.2, 0) is 11.3 Å². The van der Waals surface area contributed by atoms with E-state index in [1.54, 1.807) is 12.1 Å². The molecule has 1 aliphatic heterocycles. The summed E-state index contributed by atoms with van der Waals surface area (Å²) in [6.07, 6.45) is 2.47. The summed E-state index contributed by atoms with van der Waals surface area (Å²) in [7, 11) is 0. The maximum atomic E-state index is 12.0. The fourth-order valence-electron chi connectivity index (χ4n) is 2.92. The monoisotopic (exact) mass is 385 g/mol. The SMILES string of the molecule is NC(=NCc1cccc(NC(=O)c2ccco2)c1)NCCCN1CCOCC1. The molecule has 1 fully saturated rings. The van der Waals surface area contributed by atoms with Crippen molar-refractivity contribution in [3.05, 3.63) is 54.0 Å². The lowest BCUT2D eigenvalue weighted by molar-refractivity contribution is 0.0376. The summed E-state index contributed by atoms with van der Waals surface area (Å²) in [5.41, 5.74) is 7.59. The zero-order valence-electron chi connectivity index (χ0n) is 15.9. The smallest absolute Gasteiger partial charge is 0.291 e. The highest BCUT2D eigenvalue weighted by Crippen LogP contribution is 2.13. The Hall–Kier alpha value is -2.84. The number of morpholine rings is 1. The highest BCUT2D eigenvalue weighted by atomic mass is 16.5. The first-order valence-electron chi connectivity index (χ1n) is 9.48. The van der Waals surface area contributed by atoms with Crippen molar-refractivity contribution in [1.29, 1.82) is 0 Å². The van der Waals surface area contributed by atoms with Crippen LogP contribution in [-0.4, -0.2) is 56.2 Å². The number of hydrogen-bond acceptors (Lipinski definition) is 5. The van der Waals surface area contributed by atoms with Gasteiger partial charge in [0.05, 0.1) is 26.0 Å². The van der Waals surface area contributed by atoms with Crippen molar-refractivity contribution >= 4 is 17.6 Å². The first kappa shape index (κ1) is 19.9. The largest absolute Gasteiger partial charge is 0.459 e. The van der Waals surface area contributed by atoms with Gasteiger partial charge >= 0.3 is 0 Å². The summed E-state index contributed by atoms with van der Waals surface area (Å²) in [6.45, 7) is 5.88. The zero-order chi connectivity index (χ0) is 19.6. The van der Waals surface area contributed by atoms with Gasteiger partial charge in [-0.2, -0.15) is 0 Å². The molecule has 1 saturated heterocycles. The number of carbonyl (C=O) groups excluding carboxylic acids is 1. The molecule has 28 heavy (non-hydrogen) atoms. The average molecular weight is 385 g/mol. The lowest BCUT2D eigenvalue weighted by atomic mass is 10.2. The first-order chi connectivity index (χ1) is 13.7. The quantitative estimate of drug-likeness (QED) is 0.363. The molecule has 150 valence electrons. The molecular formula is C20H27N5O3. The van der Waals surface area contributed by atoms with Gasteiger partial charge in [0, 0.05) is 25.3 Å². The number of aliphatic imine (C=N–C) groups is 1. The number of guanidine groups is 1. The van der Waals surface area contributed by atoms with Crippen molar-refractivity contribution < 1.29 is 13.9 Å². The van der Waals surface area contributed by atoms with Crippen molar-refractivity contribution in [3.8, 4) is 0 Å². The number of benzene rings is 1. The standard InChI is InChI=1S/C20H27N5O3/c21-20(22-7-3-8-25-9-12-27-13-10-25)23-15-16-4-1-5-17(14-16)24-19(26)18-6-2-11-28-18/h1-2,4-6,11,14H,3,7-10,12-13,15H2,(H,24,26)(H3,21,22,23). The van der Waals surface area contributed by atoms with Crippen LogP contribution in [0.1, 0.15) is 22.5 Å². The number of furan rings is 1. The van der Waals surface area contributed by atoms with Crippen LogP contribution in [0.15, 0.2) is 52.1 Å². The summed E-state index contributed by atoms with van der Waals surface area (Å²) in [5.74, 6) is 0.410. The molecule has 0 radical (unpaired) electrons. The maximum absolute atomic E-state index is 12.0. The number of hydrogen-bond donors (Lipinski definition) is 3. The topological polar surface area (TPSA) is 105 Å². The van der Waals surface area contributed by atoms with E-state index < -0.39 is 0 Å². The molecule has 1 aliphatic rings. The van der Waals surface area contributed by atoms with E-state index in [0.717, 1.165) is 51.4 Å². The number of nitrogens with one attached hydrogen (secondary N) is 2. The van der Waals surface area contributed by atoms with Gasteiger partial charge in [-0.25, -0.2) is 4.99 Å². The van der Waals surface area contributed by atoms with Gasteiger partial charge in [0.15, 0.2) is 11.7 Å². The fourth-order valence-corrected chi connectivity index (χ4v) is 2.92. The van der Waals surface area contributed by atoms with Gasteiger partial charge in [-0.3, -0.25) is 9.69 Å². The van der Waals surface area contributed by atoms with E-state index in [0.29, 0.717) is 18.2 Å². The van der Waals surface area contributed by atoms with Crippen LogP contribution in [0.25, 0.3) is 0 Å². The zero-order valence-corrected chi connectivity index (χ0v) is 15.9. The molecule has 8 nitrogen and oxygen atoms in total. The van der Waals surface area contributed by atoms with Crippen molar-refractivity contribution in [3.63, 3.8) is 0 Å². The van der Waals surface area contributed by atoms with Crippen molar-refractivity contribution in [2.45, 2.75) is 13.0 Å². The molecular weight excluding hydrogens is 358 g/mol. The number of rotatable bonds is 8. The molecule has 2 heterocycles. The predicted molar refractivity (Wildman–Crippen MR) is 108 cm³/mol. The highest BCUT2D eigenvalue weighted by molar-refractivity contribution is 6.02. The van der Waals surface area contributed by atoms with E-state index in [4.69, 9.17) is 14.9 Å². The molecule has 4 N–H and O–H groups in total. The second-order valence-corrected chi connectivity index (χ2v) is 6.57. The van der Waals surface area contributed by atoms with Crippen LogP contribution < -0.4 is 16.4 Å². The van der Waals surface area contributed by atoms with Crippen LogP contribution in [0.5, 0.6) is 0 Å². The van der Waals surface area contributed by atoms with E-state index in [1.165, 1.54) is 6.26 Å². The minimum Gasteiger partial charge on any atom is -0.459 e. The summed E-state index contributed by atoms with van der Waals surface area (Å²) in [6, 6.07) is 10.8. The van der Waals surface area contributed by atoms with Crippen LogP contribution in [0.4, 0.5) is 5.69 Å². The molecule has 3 rings (SSSR count). The number of ether oxygens (including phenoxy) is 1. The Morgan fingerprint density at radius 2 is 2.07 bits per heavy atom. The van der Waals surface area contributed by atoms with Gasteiger partial charge in [-0.1, -0.05) is 12.1 Å². The Morgan fingerprint density at radius 1 is 1.21 bits per heavy atom. The molecule has 0 saturated carbocycles. The maximum Gasteiger partial charge on any atom is 0.291 e. The Bertz CT molecular complexity index is 770. The third kappa shape index (κ3) is 6.40. The Kier molecular flexibility index (Phi) is 7.45. The second kappa shape index (κ2) is 10.5. The van der Waals surface area contributed by atoms with Gasteiger partial charge in [0.1, 0.15) is 0 Å². The number of nitrogens with zero attached hydrogens (tertiary/aromatic N) is 2. The van der Waals surface area contributed by atoms with E-state index in [2.05, 4.69) is 20.5 Å². The minimum atomic E-state index is -0.285. The van der Waals surface area contributed by atoms with Crippen LogP contribution >= 0.6 is 0 Å². The lowest BCUT2D eigenvalue weighted by Crippen LogP contribution is -2.39. The lowest BCUT2D eigenvalue weighted by Gasteiger charge is -2.26. The number of nitrogens with two attached hydrogens (primary N) is 1. The van der Waals surface area contributed by atoms with Gasteiger partial charge in [-0.15, -0.1) is 0 Å². The van der Waals surface area contributed by atoms with Gasteiger partial charge in [0.25, 0.3) is 5.91 Å². The third-order valence-corrected chi connectivity index (χ3v) is 4.42. The molecule has 2 aromatic rings. The van der Waals surface area contributed by atoms with Crippen LogP contribution in [0.3, 0.4) is 0 Å². The van der Waals surface area contributed by atoms with E-state index in [-0.39, 0.29) is 11.7 Å². The van der Waals surface area contributed by atoms with Crippen molar-refractivity contribution in [2.75, 3.05) is 44.7 Å². The van der Waals surface area contributed by atoms with Gasteiger partial charge < -0.3 is 25.5 Å². The molecule has 0 unspecified atom stereocenters. The van der Waals surface area contributed by atoms with Gasteiger partial charge in [0.2, 0.25) is 0 Å². The summed E-state index contributed by atoms with van der Waals surface area (Å²) >= 11 is 0. The molecule has 1 aromatic heterocycles. The molecule has 0 atom stereocenters. The minimum absolute atomic E-state index is 0.272. The van der Waals surface area contributed by atoms with Gasteiger partial charge in [-0.05, 0) is 42.8 Å². The molecule has 1 aromatic carbocycles. The summed E-state index contributed by atoms with van der Waals surface area (Å²) < 4.78 is 10.4. The Balaban J connectivity index is 1.41. The Morgan fingerprint density at radius 3 is 2.86 bits per heavy atom.